The Kier molecular flexibility index (Phi) is 3.97. The van der Waals surface area contributed by atoms with Crippen LogP contribution in [0, 0.1) is 17.8 Å². The molecule has 2 aliphatic carbocycles. The molecule has 2 aliphatic rings. The van der Waals surface area contributed by atoms with Gasteiger partial charge in [-0.3, -0.25) is 0 Å². The number of aryl methyl sites for hydroxylation is 1. The van der Waals surface area contributed by atoms with Crippen molar-refractivity contribution >= 4 is 0 Å². The zero-order valence-electron chi connectivity index (χ0n) is 12.3. The SMILES string of the molecule is CCNC(CC1CC2CCC1C2)c1ccc(CC)o1. The highest BCUT2D eigenvalue weighted by Gasteiger charge is 2.40. The lowest BCUT2D eigenvalue weighted by molar-refractivity contribution is 0.262. The lowest BCUT2D eigenvalue weighted by Gasteiger charge is -2.26. The van der Waals surface area contributed by atoms with Crippen LogP contribution in [0.2, 0.25) is 0 Å². The minimum Gasteiger partial charge on any atom is -0.464 e. The standard InChI is InChI=1S/C17H27NO/c1-3-15-7-8-17(19-15)16(18-4-2)11-14-10-12-5-6-13(14)9-12/h7-8,12-14,16,18H,3-6,9-11H2,1-2H3. The van der Waals surface area contributed by atoms with Gasteiger partial charge in [-0.2, -0.15) is 0 Å². The van der Waals surface area contributed by atoms with Gasteiger partial charge < -0.3 is 9.73 Å². The topological polar surface area (TPSA) is 25.2 Å². The van der Waals surface area contributed by atoms with E-state index in [4.69, 9.17) is 4.42 Å². The van der Waals surface area contributed by atoms with Crippen LogP contribution in [0.4, 0.5) is 0 Å². The molecule has 1 aromatic heterocycles. The van der Waals surface area contributed by atoms with Gasteiger partial charge in [0.2, 0.25) is 0 Å². The fourth-order valence-electron chi connectivity index (χ4n) is 4.29. The average molecular weight is 261 g/mol. The molecule has 2 saturated carbocycles. The Morgan fingerprint density at radius 2 is 2.16 bits per heavy atom. The van der Waals surface area contributed by atoms with Crippen molar-refractivity contribution in [3.8, 4) is 0 Å². The van der Waals surface area contributed by atoms with Gasteiger partial charge in [0.05, 0.1) is 6.04 Å². The van der Waals surface area contributed by atoms with Crippen molar-refractivity contribution in [3.05, 3.63) is 23.7 Å². The molecular formula is C17H27NO. The Morgan fingerprint density at radius 3 is 2.74 bits per heavy atom. The van der Waals surface area contributed by atoms with Crippen LogP contribution >= 0.6 is 0 Å². The molecule has 1 aromatic rings. The minimum atomic E-state index is 0.426. The molecule has 0 amide bonds. The van der Waals surface area contributed by atoms with E-state index in [0.29, 0.717) is 6.04 Å². The molecule has 0 spiro atoms. The number of rotatable bonds is 6. The monoisotopic (exact) mass is 261 g/mol. The van der Waals surface area contributed by atoms with Crippen molar-refractivity contribution in [2.24, 2.45) is 17.8 Å². The highest BCUT2D eigenvalue weighted by molar-refractivity contribution is 5.11. The van der Waals surface area contributed by atoms with Crippen molar-refractivity contribution < 1.29 is 4.42 Å². The maximum absolute atomic E-state index is 5.98. The third kappa shape index (κ3) is 2.74. The van der Waals surface area contributed by atoms with E-state index < -0.39 is 0 Å². The normalized spacial score (nSPS) is 30.9. The number of hydrogen-bond donors (Lipinski definition) is 1. The molecule has 2 nitrogen and oxygen atoms in total. The van der Waals surface area contributed by atoms with Gasteiger partial charge in [-0.25, -0.2) is 0 Å². The lowest BCUT2D eigenvalue weighted by Crippen LogP contribution is -2.25. The summed E-state index contributed by atoms with van der Waals surface area (Å²) in [4.78, 5) is 0. The highest BCUT2D eigenvalue weighted by Crippen LogP contribution is 2.50. The molecule has 2 heteroatoms. The first-order chi connectivity index (χ1) is 9.30. The summed E-state index contributed by atoms with van der Waals surface area (Å²) in [6.45, 7) is 5.37. The number of nitrogens with one attached hydrogen (secondary N) is 1. The van der Waals surface area contributed by atoms with Gasteiger partial charge in [0, 0.05) is 6.42 Å². The van der Waals surface area contributed by atoms with Gasteiger partial charge >= 0.3 is 0 Å². The van der Waals surface area contributed by atoms with E-state index >= 15 is 0 Å². The Labute approximate surface area is 117 Å². The fraction of sp³-hybridized carbons (Fsp3) is 0.765. The van der Waals surface area contributed by atoms with Crippen LogP contribution in [0.5, 0.6) is 0 Å². The molecule has 4 atom stereocenters. The molecule has 0 saturated heterocycles. The van der Waals surface area contributed by atoms with Gasteiger partial charge in [-0.1, -0.05) is 20.3 Å². The third-order valence-electron chi connectivity index (χ3n) is 5.25. The van der Waals surface area contributed by atoms with Crippen LogP contribution < -0.4 is 5.32 Å². The molecule has 2 bridgehead atoms. The van der Waals surface area contributed by atoms with Crippen LogP contribution in [-0.2, 0) is 6.42 Å². The van der Waals surface area contributed by atoms with Crippen LogP contribution in [0.15, 0.2) is 16.5 Å². The summed E-state index contributed by atoms with van der Waals surface area (Å²) in [5.74, 6) is 5.25. The smallest absolute Gasteiger partial charge is 0.121 e. The minimum absolute atomic E-state index is 0.426. The Hall–Kier alpha value is -0.760. The maximum Gasteiger partial charge on any atom is 0.121 e. The highest BCUT2D eigenvalue weighted by atomic mass is 16.3. The molecule has 19 heavy (non-hydrogen) atoms. The zero-order chi connectivity index (χ0) is 13.2. The molecule has 0 aromatic carbocycles. The first kappa shape index (κ1) is 13.2. The van der Waals surface area contributed by atoms with E-state index in [9.17, 15) is 0 Å². The van der Waals surface area contributed by atoms with Gasteiger partial charge in [-0.05, 0) is 62.1 Å². The third-order valence-corrected chi connectivity index (χ3v) is 5.25. The first-order valence-corrected chi connectivity index (χ1v) is 8.12. The summed E-state index contributed by atoms with van der Waals surface area (Å²) in [5.41, 5.74) is 0. The van der Waals surface area contributed by atoms with Gasteiger partial charge in [0.25, 0.3) is 0 Å². The molecule has 1 heterocycles. The fourth-order valence-corrected chi connectivity index (χ4v) is 4.29. The maximum atomic E-state index is 5.98. The molecule has 106 valence electrons. The van der Waals surface area contributed by atoms with Crippen LogP contribution in [0.3, 0.4) is 0 Å². The summed E-state index contributed by atoms with van der Waals surface area (Å²) in [5, 5.41) is 3.63. The van der Waals surface area contributed by atoms with Crippen LogP contribution in [-0.4, -0.2) is 6.54 Å². The molecule has 1 N–H and O–H groups in total. The molecular weight excluding hydrogens is 234 g/mol. The first-order valence-electron chi connectivity index (χ1n) is 8.12. The van der Waals surface area contributed by atoms with E-state index in [-0.39, 0.29) is 0 Å². The molecule has 0 radical (unpaired) electrons. The largest absolute Gasteiger partial charge is 0.464 e. The van der Waals surface area contributed by atoms with Crippen molar-refractivity contribution in [1.29, 1.82) is 0 Å². The van der Waals surface area contributed by atoms with Crippen LogP contribution in [0.25, 0.3) is 0 Å². The quantitative estimate of drug-likeness (QED) is 0.825. The van der Waals surface area contributed by atoms with Crippen LogP contribution in [0.1, 0.15) is 63.5 Å². The summed E-state index contributed by atoms with van der Waals surface area (Å²) in [6, 6.07) is 4.74. The average Bonchev–Trinajstić information content (AvgIpc) is 3.14. The van der Waals surface area contributed by atoms with Gasteiger partial charge in [0.1, 0.15) is 11.5 Å². The lowest BCUT2D eigenvalue weighted by atomic mass is 9.84. The van der Waals surface area contributed by atoms with Crippen molar-refractivity contribution in [2.45, 2.75) is 58.4 Å². The predicted octanol–water partition coefficient (Wildman–Crippen LogP) is 4.32. The van der Waals surface area contributed by atoms with E-state index in [1.807, 2.05) is 0 Å². The van der Waals surface area contributed by atoms with E-state index in [0.717, 1.165) is 42.2 Å². The molecule has 0 aliphatic heterocycles. The number of hydrogen-bond acceptors (Lipinski definition) is 2. The Balaban J connectivity index is 1.67. The predicted molar refractivity (Wildman–Crippen MR) is 78.1 cm³/mol. The summed E-state index contributed by atoms with van der Waals surface area (Å²) in [7, 11) is 0. The van der Waals surface area contributed by atoms with E-state index in [1.165, 1.54) is 32.1 Å². The summed E-state index contributed by atoms with van der Waals surface area (Å²) in [6.07, 6.45) is 8.20. The summed E-state index contributed by atoms with van der Waals surface area (Å²) >= 11 is 0. The van der Waals surface area contributed by atoms with Crippen molar-refractivity contribution in [2.75, 3.05) is 6.54 Å². The molecule has 2 fully saturated rings. The summed E-state index contributed by atoms with van der Waals surface area (Å²) < 4.78 is 5.98. The second-order valence-electron chi connectivity index (χ2n) is 6.44. The Morgan fingerprint density at radius 1 is 1.26 bits per heavy atom. The number of furan rings is 1. The van der Waals surface area contributed by atoms with E-state index in [2.05, 4.69) is 31.3 Å². The molecule has 3 rings (SSSR count). The zero-order valence-corrected chi connectivity index (χ0v) is 12.3. The van der Waals surface area contributed by atoms with Gasteiger partial charge in [0.15, 0.2) is 0 Å². The molecule has 4 unspecified atom stereocenters. The van der Waals surface area contributed by atoms with Crippen molar-refractivity contribution in [3.63, 3.8) is 0 Å². The second-order valence-corrected chi connectivity index (χ2v) is 6.44. The Bertz CT molecular complexity index is 411. The van der Waals surface area contributed by atoms with E-state index in [1.54, 1.807) is 0 Å². The number of fused-ring (bicyclic) bond motifs is 2. The van der Waals surface area contributed by atoms with Crippen molar-refractivity contribution in [1.82, 2.24) is 5.32 Å². The second kappa shape index (κ2) is 5.70. The van der Waals surface area contributed by atoms with Gasteiger partial charge in [-0.15, -0.1) is 0 Å².